The highest BCUT2D eigenvalue weighted by Crippen LogP contribution is 2.15. The van der Waals surface area contributed by atoms with Crippen molar-refractivity contribution < 1.29 is 9.53 Å². The Labute approximate surface area is 138 Å². The summed E-state index contributed by atoms with van der Waals surface area (Å²) in [4.78, 5) is 14.2. The number of nitrogens with zero attached hydrogens (tertiary/aromatic N) is 1. The van der Waals surface area contributed by atoms with E-state index in [9.17, 15) is 4.79 Å². The number of likely N-dealkylation sites (tertiary alicyclic amines) is 1. The zero-order chi connectivity index (χ0) is 15.6. The molecule has 0 unspecified atom stereocenters. The van der Waals surface area contributed by atoms with Crippen LogP contribution in [-0.4, -0.2) is 42.9 Å². The lowest BCUT2D eigenvalue weighted by Gasteiger charge is -2.19. The number of hydrogen-bond acceptors (Lipinski definition) is 4. The maximum absolute atomic E-state index is 11.6. The number of ether oxygens (including phenoxy) is 1. The van der Waals surface area contributed by atoms with Crippen LogP contribution in [0.15, 0.2) is 24.3 Å². The van der Waals surface area contributed by atoms with Gasteiger partial charge in [-0.3, -0.25) is 0 Å². The zero-order valence-electron chi connectivity index (χ0n) is 13.6. The van der Waals surface area contributed by atoms with Crippen LogP contribution in [0.4, 0.5) is 0 Å². The van der Waals surface area contributed by atoms with Gasteiger partial charge in [0.1, 0.15) is 0 Å². The summed E-state index contributed by atoms with van der Waals surface area (Å²) in [5.74, 6) is 1.96. The molecule has 1 heterocycles. The molecule has 1 aliphatic rings. The summed E-state index contributed by atoms with van der Waals surface area (Å²) < 4.78 is 4.99. The van der Waals surface area contributed by atoms with Gasteiger partial charge in [-0.2, -0.15) is 11.8 Å². The van der Waals surface area contributed by atoms with Gasteiger partial charge in [-0.05, 0) is 50.6 Å². The lowest BCUT2D eigenvalue weighted by atomic mass is 10.1. The van der Waals surface area contributed by atoms with Crippen LogP contribution >= 0.6 is 11.8 Å². The standard InChI is InChI=1S/C18H27NO2S/c1-2-21-18(20)17-9-7-16(8-10-17)15-22-14-13-19-11-5-3-4-6-12-19/h7-10H,2-6,11-15H2,1H3. The molecule has 22 heavy (non-hydrogen) atoms. The van der Waals surface area contributed by atoms with Crippen LogP contribution in [0.2, 0.25) is 0 Å². The molecule has 4 heteroatoms. The molecule has 0 radical (unpaired) electrons. The van der Waals surface area contributed by atoms with Crippen molar-refractivity contribution >= 4 is 17.7 Å². The Balaban J connectivity index is 1.67. The molecule has 1 aromatic carbocycles. The summed E-state index contributed by atoms with van der Waals surface area (Å²) in [7, 11) is 0. The third-order valence-corrected chi connectivity index (χ3v) is 4.99. The quantitative estimate of drug-likeness (QED) is 0.561. The Bertz CT molecular complexity index is 439. The van der Waals surface area contributed by atoms with E-state index in [1.165, 1.54) is 56.6 Å². The van der Waals surface area contributed by atoms with E-state index in [2.05, 4.69) is 4.90 Å². The number of esters is 1. The van der Waals surface area contributed by atoms with E-state index in [4.69, 9.17) is 4.74 Å². The molecule has 0 N–H and O–H groups in total. The normalized spacial score (nSPS) is 16.2. The lowest BCUT2D eigenvalue weighted by molar-refractivity contribution is 0.0526. The predicted octanol–water partition coefficient (Wildman–Crippen LogP) is 3.97. The van der Waals surface area contributed by atoms with Gasteiger partial charge in [0.2, 0.25) is 0 Å². The molecule has 0 atom stereocenters. The summed E-state index contributed by atoms with van der Waals surface area (Å²) in [6.07, 6.45) is 5.52. The Morgan fingerprint density at radius 1 is 1.14 bits per heavy atom. The van der Waals surface area contributed by atoms with E-state index in [0.29, 0.717) is 12.2 Å². The molecular weight excluding hydrogens is 294 g/mol. The minimum Gasteiger partial charge on any atom is -0.462 e. The zero-order valence-corrected chi connectivity index (χ0v) is 14.4. The van der Waals surface area contributed by atoms with Gasteiger partial charge in [-0.15, -0.1) is 0 Å². The van der Waals surface area contributed by atoms with Gasteiger partial charge in [0.05, 0.1) is 12.2 Å². The van der Waals surface area contributed by atoms with Gasteiger partial charge in [-0.25, -0.2) is 4.79 Å². The fraction of sp³-hybridized carbons (Fsp3) is 0.611. The van der Waals surface area contributed by atoms with Crippen molar-refractivity contribution in [1.82, 2.24) is 4.90 Å². The smallest absolute Gasteiger partial charge is 0.338 e. The molecule has 1 aliphatic heterocycles. The number of rotatable bonds is 7. The van der Waals surface area contributed by atoms with Crippen LogP contribution in [0.5, 0.6) is 0 Å². The first-order valence-corrected chi connectivity index (χ1v) is 9.51. The summed E-state index contributed by atoms with van der Waals surface area (Å²) >= 11 is 1.97. The fourth-order valence-corrected chi connectivity index (χ4v) is 3.65. The summed E-state index contributed by atoms with van der Waals surface area (Å²) in [5, 5.41) is 0. The average Bonchev–Trinajstić information content (AvgIpc) is 2.81. The second kappa shape index (κ2) is 9.90. The molecule has 3 nitrogen and oxygen atoms in total. The summed E-state index contributed by atoms with van der Waals surface area (Å²) in [6, 6.07) is 7.79. The van der Waals surface area contributed by atoms with Gasteiger partial charge in [-0.1, -0.05) is 25.0 Å². The second-order valence-electron chi connectivity index (χ2n) is 5.73. The van der Waals surface area contributed by atoms with E-state index in [-0.39, 0.29) is 5.97 Å². The van der Waals surface area contributed by atoms with Gasteiger partial charge in [0, 0.05) is 18.1 Å². The van der Waals surface area contributed by atoms with Crippen molar-refractivity contribution in [1.29, 1.82) is 0 Å². The van der Waals surface area contributed by atoms with Crippen LogP contribution < -0.4 is 0 Å². The van der Waals surface area contributed by atoms with Gasteiger partial charge in [0.25, 0.3) is 0 Å². The van der Waals surface area contributed by atoms with E-state index in [0.717, 1.165) is 5.75 Å². The third-order valence-electron chi connectivity index (χ3n) is 3.98. The van der Waals surface area contributed by atoms with Gasteiger partial charge >= 0.3 is 5.97 Å². The second-order valence-corrected chi connectivity index (χ2v) is 6.83. The van der Waals surface area contributed by atoms with E-state index in [1.807, 2.05) is 43.0 Å². The first-order chi connectivity index (χ1) is 10.8. The molecule has 0 saturated carbocycles. The first kappa shape index (κ1) is 17.4. The molecule has 0 aromatic heterocycles. The van der Waals surface area contributed by atoms with Gasteiger partial charge < -0.3 is 9.64 Å². The molecule has 1 saturated heterocycles. The fourth-order valence-electron chi connectivity index (χ4n) is 2.69. The number of thioether (sulfide) groups is 1. The van der Waals surface area contributed by atoms with Crippen molar-refractivity contribution in [2.75, 3.05) is 32.0 Å². The Kier molecular flexibility index (Phi) is 7.81. The topological polar surface area (TPSA) is 29.5 Å². The lowest BCUT2D eigenvalue weighted by Crippen LogP contribution is -2.27. The third kappa shape index (κ3) is 6.01. The van der Waals surface area contributed by atoms with Crippen LogP contribution in [-0.2, 0) is 10.5 Å². The highest BCUT2D eigenvalue weighted by atomic mass is 32.2. The summed E-state index contributed by atoms with van der Waals surface area (Å²) in [5.41, 5.74) is 1.91. The van der Waals surface area contributed by atoms with E-state index >= 15 is 0 Å². The van der Waals surface area contributed by atoms with Crippen LogP contribution in [0, 0.1) is 0 Å². The van der Waals surface area contributed by atoms with Crippen LogP contribution in [0.3, 0.4) is 0 Å². The Morgan fingerprint density at radius 2 is 1.82 bits per heavy atom. The molecule has 122 valence electrons. The first-order valence-electron chi connectivity index (χ1n) is 8.35. The van der Waals surface area contributed by atoms with E-state index in [1.54, 1.807) is 0 Å². The molecule has 1 aromatic rings. The highest BCUT2D eigenvalue weighted by molar-refractivity contribution is 7.98. The average molecular weight is 321 g/mol. The number of hydrogen-bond donors (Lipinski definition) is 0. The monoisotopic (exact) mass is 321 g/mol. The number of benzene rings is 1. The number of carbonyl (C=O) groups is 1. The largest absolute Gasteiger partial charge is 0.462 e. The minimum absolute atomic E-state index is 0.233. The van der Waals surface area contributed by atoms with Crippen molar-refractivity contribution in [3.8, 4) is 0 Å². The molecule has 0 bridgehead atoms. The molecular formula is C18H27NO2S. The number of carbonyl (C=O) groups excluding carboxylic acids is 1. The van der Waals surface area contributed by atoms with Crippen molar-refractivity contribution in [2.45, 2.75) is 38.4 Å². The van der Waals surface area contributed by atoms with Crippen molar-refractivity contribution in [3.05, 3.63) is 35.4 Å². The Morgan fingerprint density at radius 3 is 2.45 bits per heavy atom. The van der Waals surface area contributed by atoms with Crippen molar-refractivity contribution in [3.63, 3.8) is 0 Å². The van der Waals surface area contributed by atoms with Crippen molar-refractivity contribution in [2.24, 2.45) is 0 Å². The molecule has 0 spiro atoms. The molecule has 0 amide bonds. The van der Waals surface area contributed by atoms with E-state index < -0.39 is 0 Å². The maximum atomic E-state index is 11.6. The molecule has 1 fully saturated rings. The Hall–Kier alpha value is -1.00. The molecule has 2 rings (SSSR count). The SMILES string of the molecule is CCOC(=O)c1ccc(CSCCN2CCCCCC2)cc1. The minimum atomic E-state index is -0.233. The predicted molar refractivity (Wildman–Crippen MR) is 93.5 cm³/mol. The maximum Gasteiger partial charge on any atom is 0.338 e. The molecule has 0 aliphatic carbocycles. The van der Waals surface area contributed by atoms with Gasteiger partial charge in [0.15, 0.2) is 0 Å². The summed E-state index contributed by atoms with van der Waals surface area (Å²) in [6.45, 7) is 6.00. The van der Waals surface area contributed by atoms with Crippen LogP contribution in [0.1, 0.15) is 48.5 Å². The highest BCUT2D eigenvalue weighted by Gasteiger charge is 2.08. The van der Waals surface area contributed by atoms with Crippen LogP contribution in [0.25, 0.3) is 0 Å².